The molecule has 0 radical (unpaired) electrons. The molecule has 0 spiro atoms. The molecule has 2 rings (SSSR count). The van der Waals surface area contributed by atoms with Crippen LogP contribution in [0.2, 0.25) is 0 Å². The van der Waals surface area contributed by atoms with Crippen LogP contribution in [0.15, 0.2) is 53.4 Å². The molecule has 0 saturated heterocycles. The van der Waals surface area contributed by atoms with Gasteiger partial charge in [0.15, 0.2) is 0 Å². The van der Waals surface area contributed by atoms with Crippen LogP contribution in [-0.2, 0) is 27.9 Å². The molecule has 2 aromatic carbocycles. The molecule has 0 aliphatic carbocycles. The fraction of sp³-hybridized carbons (Fsp3) is 0.350. The molecule has 0 unspecified atom stereocenters. The van der Waals surface area contributed by atoms with E-state index in [9.17, 15) is 13.2 Å². The summed E-state index contributed by atoms with van der Waals surface area (Å²) in [7, 11) is -0.491. The van der Waals surface area contributed by atoms with Crippen LogP contribution in [0, 0.1) is 0 Å². The second-order valence-electron chi connectivity index (χ2n) is 6.53. The minimum absolute atomic E-state index is 0.103. The predicted octanol–water partition coefficient (Wildman–Crippen LogP) is 2.79. The minimum atomic E-state index is -3.64. The highest BCUT2D eigenvalue weighted by molar-refractivity contribution is 7.89. The Bertz CT molecular complexity index is 894. The molecule has 146 valence electrons. The summed E-state index contributed by atoms with van der Waals surface area (Å²) in [6.45, 7) is 4.39. The first-order valence-corrected chi connectivity index (χ1v) is 10.1. The van der Waals surface area contributed by atoms with Crippen LogP contribution in [0.5, 0.6) is 0 Å². The molecule has 0 aliphatic heterocycles. The molecule has 0 saturated carbocycles. The first-order valence-electron chi connectivity index (χ1n) is 8.69. The maximum absolute atomic E-state index is 12.6. The first kappa shape index (κ1) is 21.1. The van der Waals surface area contributed by atoms with E-state index in [1.165, 1.54) is 23.5 Å². The van der Waals surface area contributed by atoms with Gasteiger partial charge in [-0.3, -0.25) is 4.79 Å². The maximum atomic E-state index is 12.6. The summed E-state index contributed by atoms with van der Waals surface area (Å²) in [5.74, 6) is -0.327. The molecule has 1 amide bonds. The van der Waals surface area contributed by atoms with Gasteiger partial charge in [0.2, 0.25) is 10.0 Å². The third-order valence-corrected chi connectivity index (χ3v) is 6.39. The largest absolute Gasteiger partial charge is 0.380 e. The van der Waals surface area contributed by atoms with E-state index in [0.717, 1.165) is 11.1 Å². The van der Waals surface area contributed by atoms with Crippen LogP contribution in [-0.4, -0.2) is 38.8 Å². The zero-order valence-electron chi connectivity index (χ0n) is 16.1. The summed E-state index contributed by atoms with van der Waals surface area (Å²) >= 11 is 0. The Morgan fingerprint density at radius 2 is 1.78 bits per heavy atom. The summed E-state index contributed by atoms with van der Waals surface area (Å²) in [5.41, 5.74) is 2.25. The number of sulfonamides is 1. The molecule has 27 heavy (non-hydrogen) atoms. The highest BCUT2D eigenvalue weighted by atomic mass is 32.2. The topological polar surface area (TPSA) is 75.7 Å². The average molecular weight is 391 g/mol. The molecule has 0 aromatic heterocycles. The number of nitrogens with one attached hydrogen (secondary N) is 1. The number of rotatable bonds is 8. The van der Waals surface area contributed by atoms with E-state index >= 15 is 0 Å². The fourth-order valence-electron chi connectivity index (χ4n) is 2.55. The van der Waals surface area contributed by atoms with E-state index in [2.05, 4.69) is 5.32 Å². The number of hydrogen-bond donors (Lipinski definition) is 1. The quantitative estimate of drug-likeness (QED) is 0.752. The summed E-state index contributed by atoms with van der Waals surface area (Å²) in [6, 6.07) is 13.6. The van der Waals surface area contributed by atoms with Crippen LogP contribution < -0.4 is 5.32 Å². The first-order chi connectivity index (χ1) is 12.8. The Morgan fingerprint density at radius 3 is 2.41 bits per heavy atom. The predicted molar refractivity (Wildman–Crippen MR) is 105 cm³/mol. The van der Waals surface area contributed by atoms with Gasteiger partial charge >= 0.3 is 0 Å². The van der Waals surface area contributed by atoms with Gasteiger partial charge in [0.05, 0.1) is 11.5 Å². The second kappa shape index (κ2) is 9.12. The van der Waals surface area contributed by atoms with Crippen molar-refractivity contribution in [3.8, 4) is 0 Å². The van der Waals surface area contributed by atoms with E-state index in [1.807, 2.05) is 24.3 Å². The molecular weight excluding hydrogens is 364 g/mol. The number of benzene rings is 2. The van der Waals surface area contributed by atoms with Crippen molar-refractivity contribution in [3.63, 3.8) is 0 Å². The fourth-order valence-corrected chi connectivity index (χ4v) is 3.96. The Hall–Kier alpha value is -2.22. The molecule has 0 fully saturated rings. The Kier molecular flexibility index (Phi) is 7.12. The molecule has 0 aliphatic rings. The van der Waals surface area contributed by atoms with Gasteiger partial charge in [-0.2, -0.15) is 4.31 Å². The number of methoxy groups -OCH3 is 1. The number of amides is 1. The molecule has 1 N–H and O–H groups in total. The monoisotopic (exact) mass is 390 g/mol. The van der Waals surface area contributed by atoms with Gasteiger partial charge in [0.1, 0.15) is 0 Å². The number of carbonyl (C=O) groups is 1. The standard InChI is InChI=1S/C20H26N2O4S/c1-15(2)22(3)27(24,25)19-11-7-10-16(12-19)20(23)21-13-17-8-5-6-9-18(17)14-26-4/h5-12,15H,13-14H2,1-4H3,(H,21,23). The van der Waals surface area contributed by atoms with Gasteiger partial charge in [-0.15, -0.1) is 0 Å². The molecule has 7 heteroatoms. The lowest BCUT2D eigenvalue weighted by Crippen LogP contribution is -2.33. The Labute approximate surface area is 161 Å². The van der Waals surface area contributed by atoms with Crippen molar-refractivity contribution >= 4 is 15.9 Å². The molecule has 0 heterocycles. The zero-order valence-corrected chi connectivity index (χ0v) is 16.9. The summed E-state index contributed by atoms with van der Waals surface area (Å²) in [6.07, 6.45) is 0. The highest BCUT2D eigenvalue weighted by Crippen LogP contribution is 2.18. The maximum Gasteiger partial charge on any atom is 0.251 e. The molecule has 0 bridgehead atoms. The zero-order chi connectivity index (χ0) is 20.0. The number of carbonyl (C=O) groups excluding carboxylic acids is 1. The van der Waals surface area contributed by atoms with Crippen LogP contribution >= 0.6 is 0 Å². The Morgan fingerprint density at radius 1 is 1.11 bits per heavy atom. The smallest absolute Gasteiger partial charge is 0.251 e. The van der Waals surface area contributed by atoms with E-state index < -0.39 is 10.0 Å². The summed E-state index contributed by atoms with van der Waals surface area (Å²) < 4.78 is 31.7. The summed E-state index contributed by atoms with van der Waals surface area (Å²) in [4.78, 5) is 12.6. The van der Waals surface area contributed by atoms with Gasteiger partial charge in [-0.05, 0) is 43.2 Å². The van der Waals surface area contributed by atoms with Gasteiger partial charge in [0.25, 0.3) is 5.91 Å². The van der Waals surface area contributed by atoms with Crippen molar-refractivity contribution in [2.24, 2.45) is 0 Å². The van der Waals surface area contributed by atoms with Gasteiger partial charge in [-0.25, -0.2) is 8.42 Å². The van der Waals surface area contributed by atoms with E-state index in [0.29, 0.717) is 18.7 Å². The van der Waals surface area contributed by atoms with Crippen molar-refractivity contribution in [1.82, 2.24) is 9.62 Å². The van der Waals surface area contributed by atoms with Crippen LogP contribution in [0.3, 0.4) is 0 Å². The average Bonchev–Trinajstić information content (AvgIpc) is 2.66. The third kappa shape index (κ3) is 5.15. The number of hydrogen-bond acceptors (Lipinski definition) is 4. The third-order valence-electron chi connectivity index (χ3n) is 4.36. The SMILES string of the molecule is COCc1ccccc1CNC(=O)c1cccc(S(=O)(=O)N(C)C(C)C)c1. The molecule has 0 atom stereocenters. The van der Waals surface area contributed by atoms with Crippen molar-refractivity contribution in [2.75, 3.05) is 14.2 Å². The number of nitrogens with zero attached hydrogens (tertiary/aromatic N) is 1. The lowest BCUT2D eigenvalue weighted by Gasteiger charge is -2.21. The summed E-state index contributed by atoms with van der Waals surface area (Å²) in [5, 5.41) is 2.84. The van der Waals surface area contributed by atoms with Crippen molar-refractivity contribution in [3.05, 3.63) is 65.2 Å². The normalized spacial score (nSPS) is 11.8. The van der Waals surface area contributed by atoms with Crippen LogP contribution in [0.4, 0.5) is 0 Å². The van der Waals surface area contributed by atoms with Crippen LogP contribution in [0.25, 0.3) is 0 Å². The molecule has 6 nitrogen and oxygen atoms in total. The number of ether oxygens (including phenoxy) is 1. The van der Waals surface area contributed by atoms with Crippen molar-refractivity contribution < 1.29 is 17.9 Å². The van der Waals surface area contributed by atoms with Crippen LogP contribution in [0.1, 0.15) is 35.3 Å². The van der Waals surface area contributed by atoms with Crippen molar-refractivity contribution in [2.45, 2.75) is 37.9 Å². The molecular formula is C20H26N2O4S. The lowest BCUT2D eigenvalue weighted by molar-refractivity contribution is 0.0950. The highest BCUT2D eigenvalue weighted by Gasteiger charge is 2.23. The Balaban J connectivity index is 2.17. The van der Waals surface area contributed by atoms with E-state index in [4.69, 9.17) is 4.74 Å². The van der Waals surface area contributed by atoms with Gasteiger partial charge < -0.3 is 10.1 Å². The molecule has 2 aromatic rings. The van der Waals surface area contributed by atoms with Gasteiger partial charge in [0, 0.05) is 32.3 Å². The van der Waals surface area contributed by atoms with E-state index in [1.54, 1.807) is 33.1 Å². The lowest BCUT2D eigenvalue weighted by atomic mass is 10.1. The second-order valence-corrected chi connectivity index (χ2v) is 8.52. The van der Waals surface area contributed by atoms with Gasteiger partial charge in [-0.1, -0.05) is 30.3 Å². The van der Waals surface area contributed by atoms with E-state index in [-0.39, 0.29) is 16.8 Å². The minimum Gasteiger partial charge on any atom is -0.380 e. The van der Waals surface area contributed by atoms with Crippen molar-refractivity contribution in [1.29, 1.82) is 0 Å².